The Labute approximate surface area is 192 Å². The third-order valence-electron chi connectivity index (χ3n) is 5.08. The topological polar surface area (TPSA) is 82.5 Å². The van der Waals surface area contributed by atoms with E-state index in [1.54, 1.807) is 6.08 Å². The summed E-state index contributed by atoms with van der Waals surface area (Å²) in [4.78, 5) is 16.4. The second-order valence-corrected chi connectivity index (χ2v) is 8.57. The van der Waals surface area contributed by atoms with Gasteiger partial charge >= 0.3 is 0 Å². The van der Waals surface area contributed by atoms with Crippen molar-refractivity contribution in [3.8, 4) is 22.7 Å². The molecule has 1 aliphatic rings. The Morgan fingerprint density at radius 3 is 2.53 bits per heavy atom. The van der Waals surface area contributed by atoms with Gasteiger partial charge < -0.3 is 10.5 Å². The van der Waals surface area contributed by atoms with Crippen LogP contribution in [0.1, 0.15) is 38.2 Å². The van der Waals surface area contributed by atoms with Crippen molar-refractivity contribution in [2.45, 2.75) is 32.6 Å². The SMILES string of the molecule is CCCCCCOc1ccc(-c2nn(-c3ccccc3)cc2/C=C2/SC(N)=NC2=O)cc1. The third-order valence-corrected chi connectivity index (χ3v) is 5.89. The molecule has 0 radical (unpaired) electrons. The first-order valence-electron chi connectivity index (χ1n) is 10.8. The highest BCUT2D eigenvalue weighted by molar-refractivity contribution is 8.18. The number of amidine groups is 1. The van der Waals surface area contributed by atoms with Crippen LogP contribution in [0.25, 0.3) is 23.0 Å². The fraction of sp³-hybridized carbons (Fsp3) is 0.240. The fourth-order valence-corrected chi connectivity index (χ4v) is 4.10. The fourth-order valence-electron chi connectivity index (χ4n) is 3.42. The number of benzene rings is 2. The maximum Gasteiger partial charge on any atom is 0.286 e. The molecule has 2 heterocycles. The van der Waals surface area contributed by atoms with Crippen LogP contribution in [0.15, 0.2) is 70.7 Å². The Kier molecular flexibility index (Phi) is 7.07. The number of unbranched alkanes of at least 4 members (excludes halogenated alkanes) is 3. The van der Waals surface area contributed by atoms with Crippen LogP contribution in [0.3, 0.4) is 0 Å². The molecule has 32 heavy (non-hydrogen) atoms. The zero-order valence-electron chi connectivity index (χ0n) is 18.0. The summed E-state index contributed by atoms with van der Waals surface area (Å²) >= 11 is 1.18. The first-order chi connectivity index (χ1) is 15.6. The lowest BCUT2D eigenvalue weighted by molar-refractivity contribution is -0.113. The predicted molar refractivity (Wildman–Crippen MR) is 131 cm³/mol. The van der Waals surface area contributed by atoms with Crippen molar-refractivity contribution in [3.63, 3.8) is 0 Å². The molecule has 0 saturated heterocycles. The van der Waals surface area contributed by atoms with E-state index < -0.39 is 0 Å². The van der Waals surface area contributed by atoms with Crippen molar-refractivity contribution < 1.29 is 9.53 Å². The molecule has 1 aliphatic heterocycles. The molecule has 4 rings (SSSR count). The quantitative estimate of drug-likeness (QED) is 0.350. The van der Waals surface area contributed by atoms with Gasteiger partial charge in [0, 0.05) is 17.3 Å². The zero-order chi connectivity index (χ0) is 22.3. The molecular formula is C25H26N4O2S. The minimum Gasteiger partial charge on any atom is -0.494 e. The number of nitrogens with zero attached hydrogens (tertiary/aromatic N) is 3. The van der Waals surface area contributed by atoms with Gasteiger partial charge in [-0.2, -0.15) is 10.1 Å². The van der Waals surface area contributed by atoms with Crippen molar-refractivity contribution in [1.82, 2.24) is 9.78 Å². The number of hydrogen-bond donors (Lipinski definition) is 1. The van der Waals surface area contributed by atoms with E-state index in [0.29, 0.717) is 4.91 Å². The summed E-state index contributed by atoms with van der Waals surface area (Å²) in [6.45, 7) is 2.92. The maximum absolute atomic E-state index is 12.1. The van der Waals surface area contributed by atoms with Crippen molar-refractivity contribution in [2.24, 2.45) is 10.7 Å². The number of ether oxygens (including phenoxy) is 1. The number of carbonyl (C=O) groups excluding carboxylic acids is 1. The van der Waals surface area contributed by atoms with E-state index in [1.807, 2.05) is 65.5 Å². The highest BCUT2D eigenvalue weighted by Gasteiger charge is 2.21. The lowest BCUT2D eigenvalue weighted by Crippen LogP contribution is -2.01. The maximum atomic E-state index is 12.1. The Morgan fingerprint density at radius 1 is 1.06 bits per heavy atom. The number of carbonyl (C=O) groups is 1. The van der Waals surface area contributed by atoms with E-state index in [-0.39, 0.29) is 11.1 Å². The minimum atomic E-state index is -0.322. The predicted octanol–water partition coefficient (Wildman–Crippen LogP) is 5.43. The van der Waals surface area contributed by atoms with Crippen LogP contribution < -0.4 is 10.5 Å². The Bertz CT molecular complexity index is 1130. The number of aromatic nitrogens is 2. The van der Waals surface area contributed by atoms with E-state index in [2.05, 4.69) is 11.9 Å². The molecule has 7 heteroatoms. The number of para-hydroxylation sites is 1. The Morgan fingerprint density at radius 2 is 1.84 bits per heavy atom. The zero-order valence-corrected chi connectivity index (χ0v) is 18.8. The van der Waals surface area contributed by atoms with E-state index in [1.165, 1.54) is 31.0 Å². The third kappa shape index (κ3) is 5.29. The van der Waals surface area contributed by atoms with Crippen molar-refractivity contribution in [1.29, 1.82) is 0 Å². The molecule has 0 spiro atoms. The number of nitrogens with two attached hydrogens (primary N) is 1. The monoisotopic (exact) mass is 446 g/mol. The van der Waals surface area contributed by atoms with Crippen LogP contribution in [-0.2, 0) is 4.79 Å². The molecule has 164 valence electrons. The summed E-state index contributed by atoms with van der Waals surface area (Å²) < 4.78 is 7.68. The lowest BCUT2D eigenvalue weighted by atomic mass is 10.1. The van der Waals surface area contributed by atoms with Crippen LogP contribution in [0.2, 0.25) is 0 Å². The van der Waals surface area contributed by atoms with Crippen molar-refractivity contribution in [2.75, 3.05) is 6.61 Å². The molecular weight excluding hydrogens is 420 g/mol. The highest BCUT2D eigenvalue weighted by atomic mass is 32.2. The molecule has 0 atom stereocenters. The van der Waals surface area contributed by atoms with E-state index >= 15 is 0 Å². The minimum absolute atomic E-state index is 0.263. The molecule has 2 aromatic carbocycles. The smallest absolute Gasteiger partial charge is 0.286 e. The second kappa shape index (κ2) is 10.3. The first kappa shape index (κ1) is 21.9. The van der Waals surface area contributed by atoms with Gasteiger partial charge in [-0.3, -0.25) is 4.79 Å². The molecule has 3 aromatic rings. The van der Waals surface area contributed by atoms with Gasteiger partial charge in [0.2, 0.25) is 0 Å². The van der Waals surface area contributed by atoms with Gasteiger partial charge in [-0.25, -0.2) is 4.68 Å². The van der Waals surface area contributed by atoms with Crippen molar-refractivity contribution >= 4 is 28.9 Å². The molecule has 1 amide bonds. The summed E-state index contributed by atoms with van der Waals surface area (Å²) in [5, 5.41) is 5.07. The van der Waals surface area contributed by atoms with Gasteiger partial charge in [0.1, 0.15) is 5.75 Å². The molecule has 2 N–H and O–H groups in total. The van der Waals surface area contributed by atoms with Crippen LogP contribution in [0.4, 0.5) is 0 Å². The van der Waals surface area contributed by atoms with Gasteiger partial charge in [-0.15, -0.1) is 0 Å². The molecule has 6 nitrogen and oxygen atoms in total. The number of hydrogen-bond acceptors (Lipinski definition) is 5. The van der Waals surface area contributed by atoms with Crippen molar-refractivity contribution in [3.05, 3.63) is 71.3 Å². The summed E-state index contributed by atoms with van der Waals surface area (Å²) in [6, 6.07) is 17.8. The normalized spacial score (nSPS) is 14.7. The Hall–Kier alpha value is -3.32. The lowest BCUT2D eigenvalue weighted by Gasteiger charge is -2.07. The van der Waals surface area contributed by atoms with Crippen LogP contribution in [0.5, 0.6) is 5.75 Å². The van der Waals surface area contributed by atoms with Gasteiger partial charge in [0.05, 0.1) is 22.9 Å². The van der Waals surface area contributed by atoms with Gasteiger partial charge in [0.25, 0.3) is 5.91 Å². The van der Waals surface area contributed by atoms with Crippen LogP contribution in [-0.4, -0.2) is 27.5 Å². The summed E-state index contributed by atoms with van der Waals surface area (Å²) in [6.07, 6.45) is 8.42. The molecule has 0 fully saturated rings. The molecule has 0 aliphatic carbocycles. The Balaban J connectivity index is 1.60. The second-order valence-electron chi connectivity index (χ2n) is 7.51. The number of rotatable bonds is 9. The van der Waals surface area contributed by atoms with Gasteiger partial charge in [0.15, 0.2) is 5.17 Å². The summed E-state index contributed by atoms with van der Waals surface area (Å²) in [5.74, 6) is 0.521. The van der Waals surface area contributed by atoms with E-state index in [4.69, 9.17) is 15.6 Å². The number of amides is 1. The van der Waals surface area contributed by atoms with Crippen LogP contribution >= 0.6 is 11.8 Å². The van der Waals surface area contributed by atoms with E-state index in [9.17, 15) is 4.79 Å². The molecule has 0 saturated carbocycles. The van der Waals surface area contributed by atoms with Gasteiger partial charge in [-0.1, -0.05) is 44.4 Å². The summed E-state index contributed by atoms with van der Waals surface area (Å²) in [7, 11) is 0. The van der Waals surface area contributed by atoms with Crippen LogP contribution in [0, 0.1) is 0 Å². The average molecular weight is 447 g/mol. The molecule has 1 aromatic heterocycles. The first-order valence-corrected chi connectivity index (χ1v) is 11.6. The van der Waals surface area contributed by atoms with E-state index in [0.717, 1.165) is 41.3 Å². The highest BCUT2D eigenvalue weighted by Crippen LogP contribution is 2.31. The molecule has 0 bridgehead atoms. The number of thioether (sulfide) groups is 1. The summed E-state index contributed by atoms with van der Waals surface area (Å²) in [5.41, 5.74) is 9.19. The standard InChI is InChI=1S/C25H26N4O2S/c1-2-3-4-8-15-31-21-13-11-18(12-14-21)23-19(16-22-24(30)27-25(26)32-22)17-29(28-23)20-9-6-5-7-10-20/h5-7,9-14,16-17H,2-4,8,15H2,1H3,(H2,26,27,30)/b22-16+. The average Bonchev–Trinajstić information content (AvgIpc) is 3.37. The molecule has 0 unspecified atom stereocenters. The largest absolute Gasteiger partial charge is 0.494 e. The number of aliphatic imine (C=N–C) groups is 1. The van der Waals surface area contributed by atoms with Gasteiger partial charge in [-0.05, 0) is 60.7 Å².